The number of rotatable bonds is 4. The normalized spacial score (nSPS) is 22.6. The van der Waals surface area contributed by atoms with Crippen LogP contribution in [0.5, 0.6) is 0 Å². The highest BCUT2D eigenvalue weighted by molar-refractivity contribution is 6.44. The Bertz CT molecular complexity index is 1060. The Morgan fingerprint density at radius 2 is 1.81 bits per heavy atom. The molecule has 1 N–H and O–H groups in total. The molecule has 2 aliphatic heterocycles. The first-order valence-electron chi connectivity index (χ1n) is 10.1. The molecule has 3 aliphatic rings. The SMILES string of the molecule is Cl.Fc1ccc([C@H]2CCNC[C@@H]2C2=N[N+]=C(c3cccc(Cl)c3Cl)N2C2CC2)cc1F.[Cl-]. The number of hydrogen-bond acceptors (Lipinski definition) is 4. The summed E-state index contributed by atoms with van der Waals surface area (Å²) in [6.07, 6.45) is 2.90. The fourth-order valence-corrected chi connectivity index (χ4v) is 4.77. The molecule has 4 nitrogen and oxygen atoms in total. The van der Waals surface area contributed by atoms with E-state index in [4.69, 9.17) is 23.2 Å². The third kappa shape index (κ3) is 4.62. The summed E-state index contributed by atoms with van der Waals surface area (Å²) in [4.78, 5) is 2.17. The average Bonchev–Trinajstić information content (AvgIpc) is 3.50. The van der Waals surface area contributed by atoms with Gasteiger partial charge in [-0.2, -0.15) is 0 Å². The summed E-state index contributed by atoms with van der Waals surface area (Å²) in [5.41, 5.74) is 1.54. The Kier molecular flexibility index (Phi) is 8.05. The number of piperidine rings is 1. The number of halogens is 6. The van der Waals surface area contributed by atoms with E-state index in [1.165, 1.54) is 12.1 Å². The van der Waals surface area contributed by atoms with Gasteiger partial charge in [0.25, 0.3) is 0 Å². The third-order valence-corrected chi connectivity index (χ3v) is 6.83. The second-order valence-corrected chi connectivity index (χ2v) is 8.75. The van der Waals surface area contributed by atoms with Gasteiger partial charge in [-0.05, 0) is 61.6 Å². The molecule has 10 heteroatoms. The van der Waals surface area contributed by atoms with Crippen LogP contribution < -0.4 is 22.8 Å². The van der Waals surface area contributed by atoms with E-state index in [-0.39, 0.29) is 36.6 Å². The lowest BCUT2D eigenvalue weighted by atomic mass is 9.80. The highest BCUT2D eigenvalue weighted by Gasteiger charge is 2.51. The standard InChI is InChI=1S/C22H20Cl2F2N4.2ClH/c23-17-3-1-2-15(20(17)24)21-28-29-22(30(21)13-5-6-13)16-11-27-9-8-14(16)12-4-7-18(25)19(26)10-12;;/h1-4,7,10,13-14,16,27H,5-6,8-9,11H2;2*1H/q+1;;/p-1/t14-,16+;;/m1../s1. The van der Waals surface area contributed by atoms with Crippen LogP contribution in [0.25, 0.3) is 0 Å². The van der Waals surface area contributed by atoms with Gasteiger partial charge >= 0.3 is 5.84 Å². The van der Waals surface area contributed by atoms with Crippen LogP contribution in [-0.4, -0.2) is 35.7 Å². The number of amidine groups is 2. The Morgan fingerprint density at radius 3 is 2.53 bits per heavy atom. The van der Waals surface area contributed by atoms with Gasteiger partial charge in [0.1, 0.15) is 6.04 Å². The van der Waals surface area contributed by atoms with Crippen molar-refractivity contribution in [1.29, 1.82) is 0 Å². The Morgan fingerprint density at radius 1 is 1.03 bits per heavy atom. The molecular weight excluding hydrogens is 500 g/mol. The van der Waals surface area contributed by atoms with Crippen molar-refractivity contribution in [3.63, 3.8) is 0 Å². The van der Waals surface area contributed by atoms with Crippen LogP contribution >= 0.6 is 35.6 Å². The van der Waals surface area contributed by atoms with Crippen LogP contribution in [0.1, 0.15) is 36.3 Å². The maximum absolute atomic E-state index is 13.9. The monoisotopic (exact) mass is 519 g/mol. The lowest BCUT2D eigenvalue weighted by Gasteiger charge is -2.32. The summed E-state index contributed by atoms with van der Waals surface area (Å²) in [6.45, 7) is 1.50. The van der Waals surface area contributed by atoms with E-state index in [1.807, 2.05) is 12.1 Å². The van der Waals surface area contributed by atoms with Crippen molar-refractivity contribution >= 4 is 47.3 Å². The summed E-state index contributed by atoms with van der Waals surface area (Å²) in [6, 6.07) is 9.99. The zero-order chi connectivity index (χ0) is 20.8. The van der Waals surface area contributed by atoms with Crippen molar-refractivity contribution in [2.75, 3.05) is 13.1 Å². The van der Waals surface area contributed by atoms with E-state index in [9.17, 15) is 8.78 Å². The second kappa shape index (κ2) is 10.2. The van der Waals surface area contributed by atoms with E-state index < -0.39 is 11.6 Å². The van der Waals surface area contributed by atoms with E-state index in [1.54, 1.807) is 12.1 Å². The molecule has 1 aliphatic carbocycles. The van der Waals surface area contributed by atoms with Gasteiger partial charge in [0, 0.05) is 11.6 Å². The molecule has 1 radical (unpaired) electrons. The summed E-state index contributed by atoms with van der Waals surface area (Å²) in [7, 11) is 0. The van der Waals surface area contributed by atoms with Gasteiger partial charge in [-0.25, -0.2) is 13.7 Å². The fourth-order valence-electron chi connectivity index (χ4n) is 4.38. The largest absolute Gasteiger partial charge is 1.00 e. The van der Waals surface area contributed by atoms with Gasteiger partial charge in [0.05, 0.1) is 26.6 Å². The summed E-state index contributed by atoms with van der Waals surface area (Å²) in [5.74, 6) is -0.0858. The Balaban J connectivity index is 0.00000144. The van der Waals surface area contributed by atoms with E-state index in [0.29, 0.717) is 28.5 Å². The molecule has 2 atom stereocenters. The topological polar surface area (TPSA) is 41.7 Å². The van der Waals surface area contributed by atoms with Crippen LogP contribution in [0.15, 0.2) is 41.5 Å². The predicted octanol–water partition coefficient (Wildman–Crippen LogP) is 1.96. The summed E-state index contributed by atoms with van der Waals surface area (Å²) in [5, 5.41) is 13.4. The highest BCUT2D eigenvalue weighted by atomic mass is 35.5. The molecule has 32 heavy (non-hydrogen) atoms. The van der Waals surface area contributed by atoms with Crippen molar-refractivity contribution in [2.24, 2.45) is 11.0 Å². The van der Waals surface area contributed by atoms with Gasteiger partial charge < -0.3 is 17.7 Å². The fraction of sp³-hybridized carbons (Fsp3) is 0.364. The number of benzene rings is 2. The molecule has 171 valence electrons. The second-order valence-electron chi connectivity index (χ2n) is 7.96. The molecule has 0 amide bonds. The first-order chi connectivity index (χ1) is 14.5. The number of nitrogens with zero attached hydrogens (tertiary/aromatic N) is 3. The molecule has 0 spiro atoms. The molecule has 0 aromatic heterocycles. The number of nitrogens with one attached hydrogen (secondary N) is 1. The van der Waals surface area contributed by atoms with E-state index in [0.717, 1.165) is 42.8 Å². The molecule has 2 heterocycles. The molecule has 1 saturated carbocycles. The molecule has 1 saturated heterocycles. The summed E-state index contributed by atoms with van der Waals surface area (Å²) < 4.78 is 27.4. The van der Waals surface area contributed by atoms with Gasteiger partial charge in [0.2, 0.25) is 5.84 Å². The van der Waals surface area contributed by atoms with Gasteiger partial charge in [0.15, 0.2) is 11.6 Å². The highest BCUT2D eigenvalue weighted by Crippen LogP contribution is 2.39. The predicted molar refractivity (Wildman–Crippen MR) is 122 cm³/mol. The van der Waals surface area contributed by atoms with Crippen molar-refractivity contribution in [1.82, 2.24) is 15.3 Å². The first-order valence-corrected chi connectivity index (χ1v) is 10.8. The molecule has 2 aromatic carbocycles. The smallest absolute Gasteiger partial charge is 0.361 e. The number of hydrogen-bond donors (Lipinski definition) is 1. The molecule has 2 aromatic rings. The molecule has 0 bridgehead atoms. The summed E-state index contributed by atoms with van der Waals surface area (Å²) >= 11 is 12.7. The van der Waals surface area contributed by atoms with Crippen molar-refractivity contribution in [3.05, 3.63) is 69.2 Å². The zero-order valence-corrected chi connectivity index (χ0v) is 20.0. The Labute approximate surface area is 207 Å². The van der Waals surface area contributed by atoms with Crippen LogP contribution in [0.3, 0.4) is 0 Å². The van der Waals surface area contributed by atoms with Gasteiger partial charge in [-0.1, -0.05) is 35.3 Å². The molecule has 5 rings (SSSR count). The average molecular weight is 521 g/mol. The third-order valence-electron chi connectivity index (χ3n) is 6.01. The van der Waals surface area contributed by atoms with Crippen molar-refractivity contribution in [3.8, 4) is 0 Å². The zero-order valence-electron chi connectivity index (χ0n) is 16.9. The van der Waals surface area contributed by atoms with E-state index >= 15 is 0 Å². The van der Waals surface area contributed by atoms with Crippen LogP contribution in [0.4, 0.5) is 8.78 Å². The minimum absolute atomic E-state index is 0. The van der Waals surface area contributed by atoms with Crippen LogP contribution in [0, 0.1) is 17.6 Å². The molecular formula is C22H21Cl4F2N4. The van der Waals surface area contributed by atoms with Gasteiger partial charge in [-0.15, -0.1) is 12.4 Å². The maximum Gasteiger partial charge on any atom is 0.361 e. The van der Waals surface area contributed by atoms with Crippen LogP contribution in [-0.2, 0) is 0 Å². The quantitative estimate of drug-likeness (QED) is 0.669. The molecule has 0 unspecified atom stereocenters. The lowest BCUT2D eigenvalue weighted by molar-refractivity contribution is -0.00000727. The Hall–Kier alpha value is -1.44. The van der Waals surface area contributed by atoms with Crippen molar-refractivity contribution < 1.29 is 21.2 Å². The molecule has 2 fully saturated rings. The first kappa shape index (κ1) is 25.2. The van der Waals surface area contributed by atoms with Crippen LogP contribution in [0.2, 0.25) is 10.0 Å². The minimum Gasteiger partial charge on any atom is -1.00 e. The minimum atomic E-state index is -0.830. The van der Waals surface area contributed by atoms with Crippen molar-refractivity contribution in [2.45, 2.75) is 31.2 Å². The maximum atomic E-state index is 13.9. The van der Waals surface area contributed by atoms with E-state index in [2.05, 4.69) is 20.4 Å². The van der Waals surface area contributed by atoms with Gasteiger partial charge in [-0.3, -0.25) is 0 Å². The lowest BCUT2D eigenvalue weighted by Crippen LogP contribution is -3.00.